The van der Waals surface area contributed by atoms with Gasteiger partial charge >= 0.3 is 0 Å². The van der Waals surface area contributed by atoms with Gasteiger partial charge in [-0.25, -0.2) is 0 Å². The SMILES string of the molecule is CCCNCC(CCCOCCOC)c1ccc(Cl)cc1. The summed E-state index contributed by atoms with van der Waals surface area (Å²) >= 11 is 5.97. The van der Waals surface area contributed by atoms with E-state index in [-0.39, 0.29) is 0 Å². The fourth-order valence-corrected chi connectivity index (χ4v) is 2.38. The average Bonchev–Trinajstić information content (AvgIpc) is 2.50. The molecule has 21 heavy (non-hydrogen) atoms. The Morgan fingerprint density at radius 3 is 2.57 bits per heavy atom. The van der Waals surface area contributed by atoms with Gasteiger partial charge in [0.2, 0.25) is 0 Å². The van der Waals surface area contributed by atoms with Crippen LogP contribution in [0.2, 0.25) is 5.02 Å². The maximum absolute atomic E-state index is 5.97. The molecule has 4 heteroatoms. The quantitative estimate of drug-likeness (QED) is 0.594. The maximum atomic E-state index is 5.97. The van der Waals surface area contributed by atoms with E-state index >= 15 is 0 Å². The van der Waals surface area contributed by atoms with Crippen molar-refractivity contribution in [3.05, 3.63) is 34.9 Å². The third kappa shape index (κ3) is 8.42. The molecule has 0 spiro atoms. The Labute approximate surface area is 134 Å². The van der Waals surface area contributed by atoms with Crippen LogP contribution >= 0.6 is 11.6 Å². The van der Waals surface area contributed by atoms with E-state index in [9.17, 15) is 0 Å². The number of hydrogen-bond acceptors (Lipinski definition) is 3. The summed E-state index contributed by atoms with van der Waals surface area (Å²) in [6.45, 7) is 6.39. The minimum atomic E-state index is 0.514. The van der Waals surface area contributed by atoms with Crippen molar-refractivity contribution >= 4 is 11.6 Å². The maximum Gasteiger partial charge on any atom is 0.0700 e. The molecule has 0 aliphatic rings. The van der Waals surface area contributed by atoms with Gasteiger partial charge in [-0.15, -0.1) is 0 Å². The molecule has 1 unspecified atom stereocenters. The summed E-state index contributed by atoms with van der Waals surface area (Å²) in [4.78, 5) is 0. The molecule has 0 fully saturated rings. The Morgan fingerprint density at radius 2 is 1.90 bits per heavy atom. The topological polar surface area (TPSA) is 30.5 Å². The Balaban J connectivity index is 2.39. The summed E-state index contributed by atoms with van der Waals surface area (Å²) in [5, 5.41) is 4.31. The minimum absolute atomic E-state index is 0.514. The molecular weight excluding hydrogens is 286 g/mol. The highest BCUT2D eigenvalue weighted by molar-refractivity contribution is 6.30. The third-order valence-corrected chi connectivity index (χ3v) is 3.68. The summed E-state index contributed by atoms with van der Waals surface area (Å²) in [5.74, 6) is 0.514. The van der Waals surface area contributed by atoms with Crippen LogP contribution in [-0.4, -0.2) is 40.0 Å². The van der Waals surface area contributed by atoms with Gasteiger partial charge < -0.3 is 14.8 Å². The molecular formula is C17H28ClNO2. The number of hydrogen-bond donors (Lipinski definition) is 1. The van der Waals surface area contributed by atoms with Gasteiger partial charge in [-0.2, -0.15) is 0 Å². The first-order chi connectivity index (χ1) is 10.3. The van der Waals surface area contributed by atoms with Crippen molar-refractivity contribution < 1.29 is 9.47 Å². The summed E-state index contributed by atoms with van der Waals surface area (Å²) in [5.41, 5.74) is 1.35. The van der Waals surface area contributed by atoms with Gasteiger partial charge in [0.25, 0.3) is 0 Å². The lowest BCUT2D eigenvalue weighted by Gasteiger charge is -2.18. The predicted octanol–water partition coefficient (Wildman–Crippen LogP) is 3.87. The van der Waals surface area contributed by atoms with E-state index in [2.05, 4.69) is 24.4 Å². The molecule has 0 saturated heterocycles. The lowest BCUT2D eigenvalue weighted by atomic mass is 9.94. The molecule has 1 aromatic carbocycles. The van der Waals surface area contributed by atoms with Crippen LogP contribution in [0.25, 0.3) is 0 Å². The first-order valence-corrected chi connectivity index (χ1v) is 8.18. The zero-order valence-electron chi connectivity index (χ0n) is 13.2. The van der Waals surface area contributed by atoms with E-state index in [1.807, 2.05) is 12.1 Å². The molecule has 1 N–H and O–H groups in total. The van der Waals surface area contributed by atoms with Crippen LogP contribution in [0, 0.1) is 0 Å². The Morgan fingerprint density at radius 1 is 1.14 bits per heavy atom. The van der Waals surface area contributed by atoms with Crippen molar-refractivity contribution in [3.63, 3.8) is 0 Å². The summed E-state index contributed by atoms with van der Waals surface area (Å²) in [7, 11) is 1.69. The molecule has 0 amide bonds. The number of nitrogens with one attached hydrogen (secondary N) is 1. The Kier molecular flexibility index (Phi) is 10.5. The van der Waals surface area contributed by atoms with Crippen LogP contribution < -0.4 is 5.32 Å². The first kappa shape index (κ1) is 18.4. The van der Waals surface area contributed by atoms with E-state index in [1.54, 1.807) is 7.11 Å². The van der Waals surface area contributed by atoms with E-state index < -0.39 is 0 Å². The van der Waals surface area contributed by atoms with Gasteiger partial charge in [-0.05, 0) is 49.4 Å². The predicted molar refractivity (Wildman–Crippen MR) is 89.3 cm³/mol. The molecule has 120 valence electrons. The van der Waals surface area contributed by atoms with Gasteiger partial charge in [-0.3, -0.25) is 0 Å². The van der Waals surface area contributed by atoms with Crippen molar-refractivity contribution in [3.8, 4) is 0 Å². The molecule has 0 radical (unpaired) electrons. The smallest absolute Gasteiger partial charge is 0.0700 e. The Bertz CT molecular complexity index is 356. The van der Waals surface area contributed by atoms with Crippen molar-refractivity contribution in [1.82, 2.24) is 5.32 Å². The average molecular weight is 314 g/mol. The monoisotopic (exact) mass is 313 g/mol. The minimum Gasteiger partial charge on any atom is -0.382 e. The summed E-state index contributed by atoms with van der Waals surface area (Å²) in [6.07, 6.45) is 3.34. The number of halogens is 1. The van der Waals surface area contributed by atoms with Crippen molar-refractivity contribution in [2.45, 2.75) is 32.1 Å². The van der Waals surface area contributed by atoms with Crippen LogP contribution in [0.1, 0.15) is 37.7 Å². The van der Waals surface area contributed by atoms with Gasteiger partial charge in [0.15, 0.2) is 0 Å². The second-order valence-electron chi connectivity index (χ2n) is 5.20. The van der Waals surface area contributed by atoms with Crippen molar-refractivity contribution in [2.24, 2.45) is 0 Å². The lowest BCUT2D eigenvalue weighted by Crippen LogP contribution is -2.22. The normalized spacial score (nSPS) is 12.5. The van der Waals surface area contributed by atoms with Crippen LogP contribution in [0.15, 0.2) is 24.3 Å². The van der Waals surface area contributed by atoms with Crippen molar-refractivity contribution in [1.29, 1.82) is 0 Å². The zero-order chi connectivity index (χ0) is 15.3. The fourth-order valence-electron chi connectivity index (χ4n) is 2.25. The number of methoxy groups -OCH3 is 1. The number of rotatable bonds is 12. The first-order valence-electron chi connectivity index (χ1n) is 7.80. The van der Waals surface area contributed by atoms with E-state index in [0.29, 0.717) is 19.1 Å². The van der Waals surface area contributed by atoms with E-state index in [4.69, 9.17) is 21.1 Å². The summed E-state index contributed by atoms with van der Waals surface area (Å²) in [6, 6.07) is 8.20. The van der Waals surface area contributed by atoms with Crippen LogP contribution in [0.3, 0.4) is 0 Å². The standard InChI is InChI=1S/C17H28ClNO2/c1-3-10-19-14-16(5-4-11-21-13-12-20-2)15-6-8-17(18)9-7-15/h6-9,16,19H,3-5,10-14H2,1-2H3. The highest BCUT2D eigenvalue weighted by Gasteiger charge is 2.11. The molecule has 0 saturated carbocycles. The molecule has 0 aliphatic heterocycles. The lowest BCUT2D eigenvalue weighted by molar-refractivity contribution is 0.0681. The second-order valence-corrected chi connectivity index (χ2v) is 5.64. The molecule has 0 heterocycles. The molecule has 0 aliphatic carbocycles. The Hall–Kier alpha value is -0.610. The van der Waals surface area contributed by atoms with Gasteiger partial charge in [0, 0.05) is 25.3 Å². The number of benzene rings is 1. The molecule has 0 aromatic heterocycles. The molecule has 1 aromatic rings. The van der Waals surface area contributed by atoms with Crippen molar-refractivity contribution in [2.75, 3.05) is 40.0 Å². The van der Waals surface area contributed by atoms with E-state index in [1.165, 1.54) is 5.56 Å². The van der Waals surface area contributed by atoms with Gasteiger partial charge in [0.05, 0.1) is 13.2 Å². The van der Waals surface area contributed by atoms with Crippen LogP contribution in [0.5, 0.6) is 0 Å². The molecule has 3 nitrogen and oxygen atoms in total. The fraction of sp³-hybridized carbons (Fsp3) is 0.647. The van der Waals surface area contributed by atoms with Gasteiger partial charge in [-0.1, -0.05) is 30.7 Å². The van der Waals surface area contributed by atoms with Crippen LogP contribution in [-0.2, 0) is 9.47 Å². The molecule has 1 atom stereocenters. The molecule has 1 rings (SSSR count). The highest BCUT2D eigenvalue weighted by Crippen LogP contribution is 2.22. The van der Waals surface area contributed by atoms with Crippen LogP contribution in [0.4, 0.5) is 0 Å². The second kappa shape index (κ2) is 12.0. The highest BCUT2D eigenvalue weighted by atomic mass is 35.5. The third-order valence-electron chi connectivity index (χ3n) is 3.43. The van der Waals surface area contributed by atoms with E-state index in [0.717, 1.165) is 44.0 Å². The zero-order valence-corrected chi connectivity index (χ0v) is 14.0. The number of ether oxygens (including phenoxy) is 2. The van der Waals surface area contributed by atoms with Gasteiger partial charge in [0.1, 0.15) is 0 Å². The molecule has 0 bridgehead atoms. The summed E-state index contributed by atoms with van der Waals surface area (Å²) < 4.78 is 10.5. The largest absolute Gasteiger partial charge is 0.382 e.